The van der Waals surface area contributed by atoms with Gasteiger partial charge in [-0.1, -0.05) is 55.5 Å². The quantitative estimate of drug-likeness (QED) is 0.295. The molecule has 0 aromatic rings. The lowest BCUT2D eigenvalue weighted by atomic mass is 10.6. The topological polar surface area (TPSA) is 36.9 Å². The fourth-order valence-electron chi connectivity index (χ4n) is 1.00. The molecular weight excluding hydrogens is 392 g/mol. The van der Waals surface area contributed by atoms with Crippen molar-refractivity contribution in [3.8, 4) is 23.7 Å². The highest BCUT2D eigenvalue weighted by molar-refractivity contribution is 9.09. The van der Waals surface area contributed by atoms with E-state index in [1.54, 1.807) is 0 Å². The largest absolute Gasteiger partial charge is 0.377 e. The number of hydrogen-bond acceptors (Lipinski definition) is 4. The van der Waals surface area contributed by atoms with Crippen LogP contribution in [0.2, 0.25) is 0 Å². The van der Waals surface area contributed by atoms with Crippen LogP contribution in [-0.4, -0.2) is 63.5 Å². The van der Waals surface area contributed by atoms with Crippen LogP contribution in [-0.2, 0) is 18.9 Å². The van der Waals surface area contributed by atoms with Crippen molar-refractivity contribution in [3.63, 3.8) is 0 Å². The van der Waals surface area contributed by atoms with Gasteiger partial charge in [-0.05, 0) is 0 Å². The molecule has 0 unspecified atom stereocenters. The molecule has 6 heteroatoms. The zero-order valence-corrected chi connectivity index (χ0v) is 14.6. The lowest BCUT2D eigenvalue weighted by Gasteiger charge is -2.05. The van der Waals surface area contributed by atoms with Gasteiger partial charge in [-0.15, -0.1) is 0 Å². The van der Waals surface area contributed by atoms with E-state index in [0.29, 0.717) is 63.5 Å². The Bertz CT molecular complexity index is 283. The molecule has 0 aromatic heterocycles. The molecule has 0 heterocycles. The SMILES string of the molecule is BrCC#CCOCCOCCOCCOCC#CCBr. The molecule has 0 aliphatic carbocycles. The molecule has 0 N–H and O–H groups in total. The maximum Gasteiger partial charge on any atom is 0.107 e. The minimum absolute atomic E-state index is 0.445. The predicted molar refractivity (Wildman–Crippen MR) is 86.4 cm³/mol. The fourth-order valence-corrected chi connectivity index (χ4v) is 1.40. The first-order valence-corrected chi connectivity index (χ1v) is 8.50. The van der Waals surface area contributed by atoms with Crippen molar-refractivity contribution < 1.29 is 18.9 Å². The minimum Gasteiger partial charge on any atom is -0.377 e. The van der Waals surface area contributed by atoms with Gasteiger partial charge in [0.05, 0.1) is 50.3 Å². The molecule has 0 saturated heterocycles. The summed E-state index contributed by atoms with van der Waals surface area (Å²) in [5.41, 5.74) is 0. The molecule has 0 rings (SSSR count). The first-order valence-electron chi connectivity index (χ1n) is 6.26. The van der Waals surface area contributed by atoms with E-state index in [0.717, 1.165) is 0 Å². The molecule has 0 amide bonds. The maximum absolute atomic E-state index is 5.32. The van der Waals surface area contributed by atoms with Crippen LogP contribution in [0.5, 0.6) is 0 Å². The molecule has 4 nitrogen and oxygen atoms in total. The van der Waals surface area contributed by atoms with E-state index >= 15 is 0 Å². The molecule has 0 aromatic carbocycles. The Labute approximate surface area is 138 Å². The van der Waals surface area contributed by atoms with Crippen LogP contribution in [0.3, 0.4) is 0 Å². The van der Waals surface area contributed by atoms with Crippen molar-refractivity contribution in [3.05, 3.63) is 0 Å². The summed E-state index contributed by atoms with van der Waals surface area (Å²) in [6.07, 6.45) is 0. The van der Waals surface area contributed by atoms with Gasteiger partial charge in [0.1, 0.15) is 13.2 Å². The summed E-state index contributed by atoms with van der Waals surface area (Å²) >= 11 is 6.42. The first-order chi connectivity index (χ1) is 9.91. The third-order valence-corrected chi connectivity index (χ3v) is 2.41. The summed E-state index contributed by atoms with van der Waals surface area (Å²) in [7, 11) is 0. The van der Waals surface area contributed by atoms with E-state index in [1.165, 1.54) is 0 Å². The third-order valence-electron chi connectivity index (χ3n) is 1.85. The van der Waals surface area contributed by atoms with Gasteiger partial charge in [-0.25, -0.2) is 0 Å². The van der Waals surface area contributed by atoms with E-state index in [1.807, 2.05) is 0 Å². The summed E-state index contributed by atoms with van der Waals surface area (Å²) < 4.78 is 21.1. The molecule has 0 fully saturated rings. The highest BCUT2D eigenvalue weighted by Gasteiger charge is 1.91. The van der Waals surface area contributed by atoms with Gasteiger partial charge in [-0.2, -0.15) is 0 Å². The van der Waals surface area contributed by atoms with Crippen LogP contribution in [0.4, 0.5) is 0 Å². The highest BCUT2D eigenvalue weighted by Crippen LogP contribution is 1.83. The summed E-state index contributed by atoms with van der Waals surface area (Å²) in [4.78, 5) is 0. The van der Waals surface area contributed by atoms with E-state index in [2.05, 4.69) is 55.5 Å². The van der Waals surface area contributed by atoms with E-state index in [-0.39, 0.29) is 0 Å². The standard InChI is InChI=1S/C14H20Br2O4/c15-5-1-3-7-17-9-11-19-13-14-20-12-10-18-8-4-2-6-16/h5-14H2. The molecular formula is C14H20Br2O4. The summed E-state index contributed by atoms with van der Waals surface area (Å²) in [6.45, 7) is 4.20. The van der Waals surface area contributed by atoms with Crippen molar-refractivity contribution >= 4 is 31.9 Å². The van der Waals surface area contributed by atoms with E-state index in [9.17, 15) is 0 Å². The zero-order chi connectivity index (χ0) is 14.7. The maximum atomic E-state index is 5.32. The van der Waals surface area contributed by atoms with E-state index in [4.69, 9.17) is 18.9 Å². The van der Waals surface area contributed by atoms with Gasteiger partial charge in [0.2, 0.25) is 0 Å². The Balaban J connectivity index is 3.02. The first kappa shape index (κ1) is 19.9. The van der Waals surface area contributed by atoms with Gasteiger partial charge in [-0.3, -0.25) is 0 Å². The second kappa shape index (κ2) is 18.9. The van der Waals surface area contributed by atoms with Gasteiger partial charge in [0.15, 0.2) is 0 Å². The van der Waals surface area contributed by atoms with Crippen LogP contribution in [0.15, 0.2) is 0 Å². The average molecular weight is 412 g/mol. The van der Waals surface area contributed by atoms with Crippen molar-refractivity contribution in [1.29, 1.82) is 0 Å². The Morgan fingerprint density at radius 3 is 1.20 bits per heavy atom. The molecule has 114 valence electrons. The number of ether oxygens (including phenoxy) is 4. The predicted octanol–water partition coefficient (Wildman–Crippen LogP) is 1.85. The van der Waals surface area contributed by atoms with Gasteiger partial charge >= 0.3 is 0 Å². The van der Waals surface area contributed by atoms with Crippen molar-refractivity contribution in [1.82, 2.24) is 0 Å². The molecule has 0 atom stereocenters. The van der Waals surface area contributed by atoms with Crippen LogP contribution in [0, 0.1) is 23.7 Å². The van der Waals surface area contributed by atoms with Crippen molar-refractivity contribution in [2.45, 2.75) is 0 Å². The van der Waals surface area contributed by atoms with Crippen LogP contribution in [0.1, 0.15) is 0 Å². The molecule has 0 aliphatic heterocycles. The fraction of sp³-hybridized carbons (Fsp3) is 0.714. The van der Waals surface area contributed by atoms with Gasteiger partial charge in [0.25, 0.3) is 0 Å². The lowest BCUT2D eigenvalue weighted by Crippen LogP contribution is -2.12. The van der Waals surface area contributed by atoms with Crippen LogP contribution >= 0.6 is 31.9 Å². The minimum atomic E-state index is 0.445. The molecule has 0 saturated carbocycles. The molecule has 0 spiro atoms. The number of alkyl halides is 2. The monoisotopic (exact) mass is 410 g/mol. The molecule has 0 radical (unpaired) electrons. The third kappa shape index (κ3) is 17.9. The second-order valence-corrected chi connectivity index (χ2v) is 4.43. The summed E-state index contributed by atoms with van der Waals surface area (Å²) in [5, 5.41) is 1.36. The van der Waals surface area contributed by atoms with Crippen molar-refractivity contribution in [2.75, 3.05) is 63.5 Å². The number of rotatable bonds is 11. The van der Waals surface area contributed by atoms with Gasteiger partial charge < -0.3 is 18.9 Å². The smallest absolute Gasteiger partial charge is 0.107 e. The average Bonchev–Trinajstić information content (AvgIpc) is 2.47. The van der Waals surface area contributed by atoms with E-state index < -0.39 is 0 Å². The summed E-state index contributed by atoms with van der Waals surface area (Å²) in [5.74, 6) is 11.4. The molecule has 0 bridgehead atoms. The second-order valence-electron chi connectivity index (χ2n) is 3.30. The Kier molecular flexibility index (Phi) is 18.8. The zero-order valence-electron chi connectivity index (χ0n) is 11.5. The highest BCUT2D eigenvalue weighted by atomic mass is 79.9. The Morgan fingerprint density at radius 2 is 0.850 bits per heavy atom. The summed E-state index contributed by atoms with van der Waals surface area (Å²) in [6, 6.07) is 0. The van der Waals surface area contributed by atoms with Crippen molar-refractivity contribution in [2.24, 2.45) is 0 Å². The van der Waals surface area contributed by atoms with Crippen LogP contribution in [0.25, 0.3) is 0 Å². The lowest BCUT2D eigenvalue weighted by molar-refractivity contribution is 0.00485. The van der Waals surface area contributed by atoms with Crippen LogP contribution < -0.4 is 0 Å². The molecule has 20 heavy (non-hydrogen) atoms. The number of hydrogen-bond donors (Lipinski definition) is 0. The van der Waals surface area contributed by atoms with Gasteiger partial charge in [0, 0.05) is 0 Å². The molecule has 0 aliphatic rings. The Morgan fingerprint density at radius 1 is 0.500 bits per heavy atom. The number of halogens is 2. The Hall–Kier alpha value is -0.0800. The normalized spacial score (nSPS) is 9.50.